The van der Waals surface area contributed by atoms with Gasteiger partial charge in [0, 0.05) is 30.2 Å². The van der Waals surface area contributed by atoms with Gasteiger partial charge in [-0.3, -0.25) is 4.79 Å². The van der Waals surface area contributed by atoms with Crippen molar-refractivity contribution in [3.63, 3.8) is 0 Å². The topological polar surface area (TPSA) is 122 Å². The normalized spacial score (nSPS) is 12.1. The Bertz CT molecular complexity index is 1340. The summed E-state index contributed by atoms with van der Waals surface area (Å²) in [5.74, 6) is -0.441. The van der Waals surface area contributed by atoms with Crippen LogP contribution in [0.4, 0.5) is 24.8 Å². The van der Waals surface area contributed by atoms with Crippen molar-refractivity contribution in [3.05, 3.63) is 59.8 Å². The highest BCUT2D eigenvalue weighted by molar-refractivity contribution is 7.88. The van der Waals surface area contributed by atoms with Crippen LogP contribution in [0.5, 0.6) is 5.75 Å². The number of fused-ring (bicyclic) bond motifs is 1. The highest BCUT2D eigenvalue weighted by Crippen LogP contribution is 2.24. The zero-order chi connectivity index (χ0) is 25.6. The number of amides is 1. The maximum atomic E-state index is 12.3. The molecule has 0 aliphatic heterocycles. The van der Waals surface area contributed by atoms with Gasteiger partial charge in [-0.1, -0.05) is 12.1 Å². The summed E-state index contributed by atoms with van der Waals surface area (Å²) in [5.41, 5.74) is 2.31. The van der Waals surface area contributed by atoms with Gasteiger partial charge in [0.1, 0.15) is 5.75 Å². The predicted octanol–water partition coefficient (Wildman–Crippen LogP) is 3.45. The van der Waals surface area contributed by atoms with Gasteiger partial charge in [0.2, 0.25) is 21.9 Å². The molecule has 13 heteroatoms. The molecule has 2 aromatic carbocycles. The van der Waals surface area contributed by atoms with Crippen LogP contribution in [0, 0.1) is 6.92 Å². The van der Waals surface area contributed by atoms with Crippen LogP contribution in [-0.4, -0.2) is 50.0 Å². The molecule has 0 saturated heterocycles. The number of hydrogen-bond donors (Lipinski definition) is 3. The Kier molecular flexibility index (Phi) is 7.92. The van der Waals surface area contributed by atoms with Gasteiger partial charge < -0.3 is 15.4 Å². The van der Waals surface area contributed by atoms with E-state index < -0.39 is 22.3 Å². The van der Waals surface area contributed by atoms with E-state index in [9.17, 15) is 26.4 Å². The second-order valence-electron chi connectivity index (χ2n) is 7.40. The molecule has 3 aromatic rings. The van der Waals surface area contributed by atoms with Crippen LogP contribution in [0.15, 0.2) is 48.5 Å². The Balaban J connectivity index is 1.61. The van der Waals surface area contributed by atoms with E-state index in [1.165, 1.54) is 24.3 Å². The van der Waals surface area contributed by atoms with Crippen LogP contribution in [0.25, 0.3) is 17.0 Å². The van der Waals surface area contributed by atoms with E-state index in [1.54, 1.807) is 25.1 Å². The Morgan fingerprint density at radius 2 is 1.80 bits per heavy atom. The molecule has 0 spiro atoms. The van der Waals surface area contributed by atoms with Gasteiger partial charge in [0.05, 0.1) is 17.5 Å². The zero-order valence-electron chi connectivity index (χ0n) is 18.7. The number of carbonyl (C=O) groups is 1. The fourth-order valence-electron chi connectivity index (χ4n) is 2.99. The third-order valence-corrected chi connectivity index (χ3v) is 5.20. The van der Waals surface area contributed by atoms with Crippen molar-refractivity contribution in [2.45, 2.75) is 13.3 Å². The first-order valence-electron chi connectivity index (χ1n) is 10.2. The van der Waals surface area contributed by atoms with E-state index in [0.29, 0.717) is 40.3 Å². The molecule has 0 fully saturated rings. The lowest BCUT2D eigenvalue weighted by molar-refractivity contribution is -0.274. The molecule has 0 saturated carbocycles. The molecule has 0 aliphatic rings. The molecule has 35 heavy (non-hydrogen) atoms. The highest BCUT2D eigenvalue weighted by atomic mass is 32.2. The quantitative estimate of drug-likeness (QED) is 0.298. The highest BCUT2D eigenvalue weighted by Gasteiger charge is 2.30. The fourth-order valence-corrected chi connectivity index (χ4v) is 3.46. The Labute approximate surface area is 199 Å². The molecular formula is C22H22F3N5O4S. The number of aryl methyl sites for hydroxylation is 1. The van der Waals surface area contributed by atoms with Gasteiger partial charge in [0.15, 0.2) is 0 Å². The van der Waals surface area contributed by atoms with Crippen molar-refractivity contribution in [1.29, 1.82) is 0 Å². The molecule has 0 atom stereocenters. The summed E-state index contributed by atoms with van der Waals surface area (Å²) in [6.07, 6.45) is -0.982. The molecule has 1 amide bonds. The van der Waals surface area contributed by atoms with Crippen LogP contribution in [-0.2, 0) is 14.8 Å². The lowest BCUT2D eigenvalue weighted by Crippen LogP contribution is -2.28. The standard InChI is InChI=1S/C22H22F3N5O4S/c1-14-18-13-16(6-9-19(18)30-21(28-14)26-11-12-27-35(2,32)33)29-20(31)10-5-15-3-7-17(8-4-15)34-22(23,24)25/h3-10,13,27H,11-12H2,1-2H3,(H,29,31)(H,26,28,30)/b10-5+. The van der Waals surface area contributed by atoms with Crippen LogP contribution in [0.2, 0.25) is 0 Å². The molecule has 0 unspecified atom stereocenters. The van der Waals surface area contributed by atoms with Gasteiger partial charge in [-0.15, -0.1) is 13.2 Å². The number of rotatable bonds is 9. The van der Waals surface area contributed by atoms with Gasteiger partial charge >= 0.3 is 6.36 Å². The van der Waals surface area contributed by atoms with Crippen molar-refractivity contribution >= 4 is 44.5 Å². The van der Waals surface area contributed by atoms with Gasteiger partial charge in [-0.25, -0.2) is 23.1 Å². The molecule has 3 rings (SSSR count). The van der Waals surface area contributed by atoms with E-state index >= 15 is 0 Å². The molecule has 3 N–H and O–H groups in total. The Morgan fingerprint density at radius 1 is 1.09 bits per heavy atom. The molecule has 1 heterocycles. The summed E-state index contributed by atoms with van der Waals surface area (Å²) in [6, 6.07) is 10.2. The largest absolute Gasteiger partial charge is 0.573 e. The third kappa shape index (κ3) is 8.54. The lowest BCUT2D eigenvalue weighted by atomic mass is 10.1. The van der Waals surface area contributed by atoms with E-state index in [1.807, 2.05) is 0 Å². The number of sulfonamides is 1. The number of halogens is 3. The summed E-state index contributed by atoms with van der Waals surface area (Å²) in [6.45, 7) is 2.27. The number of nitrogens with zero attached hydrogens (tertiary/aromatic N) is 2. The number of alkyl halides is 3. The average molecular weight is 510 g/mol. The summed E-state index contributed by atoms with van der Waals surface area (Å²) in [7, 11) is -3.28. The maximum absolute atomic E-state index is 12.3. The summed E-state index contributed by atoms with van der Waals surface area (Å²) >= 11 is 0. The first-order valence-corrected chi connectivity index (χ1v) is 12.1. The number of carbonyl (C=O) groups excluding carboxylic acids is 1. The molecule has 186 valence electrons. The minimum absolute atomic E-state index is 0.184. The van der Waals surface area contributed by atoms with E-state index in [4.69, 9.17) is 0 Å². The first-order chi connectivity index (χ1) is 16.4. The van der Waals surface area contributed by atoms with Gasteiger partial charge in [0.25, 0.3) is 0 Å². The second-order valence-corrected chi connectivity index (χ2v) is 9.23. The smallest absolute Gasteiger partial charge is 0.406 e. The minimum Gasteiger partial charge on any atom is -0.406 e. The first kappa shape index (κ1) is 25.9. The number of hydrogen-bond acceptors (Lipinski definition) is 7. The summed E-state index contributed by atoms with van der Waals surface area (Å²) in [4.78, 5) is 21.0. The third-order valence-electron chi connectivity index (χ3n) is 4.47. The second kappa shape index (κ2) is 10.7. The van der Waals surface area contributed by atoms with Crippen molar-refractivity contribution in [1.82, 2.24) is 14.7 Å². The molecular weight excluding hydrogens is 487 g/mol. The van der Waals surface area contributed by atoms with Gasteiger partial charge in [-0.2, -0.15) is 0 Å². The lowest BCUT2D eigenvalue weighted by Gasteiger charge is -2.10. The number of anilines is 2. The van der Waals surface area contributed by atoms with Crippen molar-refractivity contribution in [2.75, 3.05) is 30.0 Å². The van der Waals surface area contributed by atoms with Crippen molar-refractivity contribution in [2.24, 2.45) is 0 Å². The molecule has 1 aromatic heterocycles. The number of benzene rings is 2. The monoisotopic (exact) mass is 509 g/mol. The molecule has 0 bridgehead atoms. The Morgan fingerprint density at radius 3 is 2.46 bits per heavy atom. The molecule has 0 radical (unpaired) electrons. The van der Waals surface area contributed by atoms with E-state index in [-0.39, 0.29) is 12.3 Å². The fraction of sp³-hybridized carbons (Fsp3) is 0.227. The van der Waals surface area contributed by atoms with Crippen LogP contribution >= 0.6 is 0 Å². The van der Waals surface area contributed by atoms with Crippen LogP contribution in [0.3, 0.4) is 0 Å². The van der Waals surface area contributed by atoms with Crippen LogP contribution in [0.1, 0.15) is 11.3 Å². The SMILES string of the molecule is Cc1nc(NCCNS(C)(=O)=O)nc2ccc(NC(=O)/C=C/c3ccc(OC(F)(F)F)cc3)cc12. The molecule has 9 nitrogen and oxygen atoms in total. The molecule has 0 aliphatic carbocycles. The van der Waals surface area contributed by atoms with E-state index in [2.05, 4.69) is 30.1 Å². The van der Waals surface area contributed by atoms with Crippen molar-refractivity contribution < 1.29 is 31.1 Å². The summed E-state index contributed by atoms with van der Waals surface area (Å²) < 4.78 is 65.0. The number of ether oxygens (including phenoxy) is 1. The average Bonchev–Trinajstić information content (AvgIpc) is 2.75. The number of nitrogens with one attached hydrogen (secondary N) is 3. The summed E-state index contributed by atoms with van der Waals surface area (Å²) in [5, 5.41) is 6.38. The predicted molar refractivity (Wildman–Crippen MR) is 126 cm³/mol. The maximum Gasteiger partial charge on any atom is 0.573 e. The van der Waals surface area contributed by atoms with E-state index in [0.717, 1.165) is 18.4 Å². The zero-order valence-corrected chi connectivity index (χ0v) is 19.5. The van der Waals surface area contributed by atoms with Gasteiger partial charge in [-0.05, 0) is 48.9 Å². The Hall–Kier alpha value is -3.71. The van der Waals surface area contributed by atoms with Crippen LogP contribution < -0.4 is 20.1 Å². The minimum atomic E-state index is -4.77. The number of aromatic nitrogens is 2. The van der Waals surface area contributed by atoms with Crippen molar-refractivity contribution in [3.8, 4) is 5.75 Å².